The average molecular weight is 375 g/mol. The first-order chi connectivity index (χ1) is 13.0. The Morgan fingerprint density at radius 1 is 0.926 bits per heavy atom. The van der Waals surface area contributed by atoms with E-state index in [0.29, 0.717) is 17.3 Å². The third kappa shape index (κ3) is 3.38. The zero-order valence-corrected chi connectivity index (χ0v) is 16.0. The summed E-state index contributed by atoms with van der Waals surface area (Å²) in [6, 6.07) is 21.4. The van der Waals surface area contributed by atoms with E-state index in [1.807, 2.05) is 74.5 Å². The third-order valence-corrected chi connectivity index (χ3v) is 5.00. The molecule has 0 radical (unpaired) electrons. The number of carbonyl (C=O) groups excluding carboxylic acids is 1. The number of hydrogen-bond acceptors (Lipinski definition) is 2. The molecule has 1 aliphatic heterocycles. The van der Waals surface area contributed by atoms with Gasteiger partial charge in [0.1, 0.15) is 5.71 Å². The first kappa shape index (κ1) is 17.5. The van der Waals surface area contributed by atoms with Crippen LogP contribution in [0.15, 0.2) is 71.7 Å². The number of aryl methyl sites for hydroxylation is 2. The largest absolute Gasteiger partial charge is 0.302 e. The van der Waals surface area contributed by atoms with Crippen LogP contribution in [0.2, 0.25) is 5.02 Å². The van der Waals surface area contributed by atoms with Gasteiger partial charge in [-0.15, -0.1) is 0 Å². The number of para-hydroxylation sites is 1. The molecule has 1 aliphatic rings. The van der Waals surface area contributed by atoms with E-state index >= 15 is 0 Å². The summed E-state index contributed by atoms with van der Waals surface area (Å²) in [5, 5.41) is 0.655. The summed E-state index contributed by atoms with van der Waals surface area (Å²) >= 11 is 6.31. The van der Waals surface area contributed by atoms with Crippen molar-refractivity contribution in [3.63, 3.8) is 0 Å². The number of benzene rings is 3. The third-order valence-electron chi connectivity index (χ3n) is 4.63. The maximum atomic E-state index is 13.2. The zero-order valence-electron chi connectivity index (χ0n) is 15.2. The molecule has 0 saturated carbocycles. The van der Waals surface area contributed by atoms with Gasteiger partial charge in [0.05, 0.1) is 17.9 Å². The van der Waals surface area contributed by atoms with Crippen LogP contribution in [-0.2, 0) is 11.3 Å². The van der Waals surface area contributed by atoms with Gasteiger partial charge >= 0.3 is 0 Å². The Balaban J connectivity index is 1.78. The number of amides is 1. The van der Waals surface area contributed by atoms with Gasteiger partial charge in [0, 0.05) is 10.6 Å². The lowest BCUT2D eigenvalue weighted by molar-refractivity contribution is -0.112. The van der Waals surface area contributed by atoms with Gasteiger partial charge in [0.15, 0.2) is 0 Å². The molecule has 4 heteroatoms. The molecule has 0 aromatic heterocycles. The summed E-state index contributed by atoms with van der Waals surface area (Å²) in [5.74, 6) is -0.102. The van der Waals surface area contributed by atoms with E-state index in [4.69, 9.17) is 16.6 Å². The molecule has 0 aliphatic carbocycles. The van der Waals surface area contributed by atoms with Crippen molar-refractivity contribution in [1.82, 2.24) is 0 Å². The highest BCUT2D eigenvalue weighted by atomic mass is 35.5. The number of fused-ring (bicyclic) bond motifs is 1. The highest BCUT2D eigenvalue weighted by Gasteiger charge is 2.33. The van der Waals surface area contributed by atoms with Crippen molar-refractivity contribution in [2.45, 2.75) is 20.4 Å². The van der Waals surface area contributed by atoms with Crippen molar-refractivity contribution < 1.29 is 4.79 Å². The molecule has 3 aromatic rings. The van der Waals surface area contributed by atoms with Crippen LogP contribution in [0.25, 0.3) is 0 Å². The molecular formula is C23H19ClN2O. The van der Waals surface area contributed by atoms with Crippen molar-refractivity contribution in [3.05, 3.63) is 94.0 Å². The van der Waals surface area contributed by atoms with Gasteiger partial charge in [-0.05, 0) is 54.8 Å². The van der Waals surface area contributed by atoms with Crippen LogP contribution in [0.1, 0.15) is 22.3 Å². The van der Waals surface area contributed by atoms with E-state index < -0.39 is 0 Å². The number of rotatable bonds is 3. The summed E-state index contributed by atoms with van der Waals surface area (Å²) in [5.41, 5.74) is 6.16. The Labute approximate surface area is 163 Å². The molecule has 0 N–H and O–H groups in total. The topological polar surface area (TPSA) is 32.7 Å². The molecule has 0 spiro atoms. The second kappa shape index (κ2) is 7.01. The number of nitrogens with zero attached hydrogens (tertiary/aromatic N) is 2. The molecule has 1 amide bonds. The SMILES string of the molecule is Cc1cc(C)cc(N=C2C(=O)N(Cc3ccccc3Cl)c3ccccc32)c1. The molecule has 4 rings (SSSR count). The lowest BCUT2D eigenvalue weighted by atomic mass is 10.1. The fourth-order valence-corrected chi connectivity index (χ4v) is 3.66. The normalized spacial score (nSPS) is 14.7. The van der Waals surface area contributed by atoms with Crippen molar-refractivity contribution in [2.24, 2.45) is 4.99 Å². The highest BCUT2D eigenvalue weighted by Crippen LogP contribution is 2.33. The average Bonchev–Trinajstić information content (AvgIpc) is 2.89. The van der Waals surface area contributed by atoms with E-state index in [9.17, 15) is 4.79 Å². The van der Waals surface area contributed by atoms with Crippen LogP contribution in [0.5, 0.6) is 0 Å². The minimum Gasteiger partial charge on any atom is -0.302 e. The summed E-state index contributed by atoms with van der Waals surface area (Å²) in [6.45, 7) is 4.48. The number of carbonyl (C=O) groups is 1. The van der Waals surface area contributed by atoms with Crippen molar-refractivity contribution in [2.75, 3.05) is 4.90 Å². The molecule has 0 saturated heterocycles. The van der Waals surface area contributed by atoms with Crippen molar-refractivity contribution in [1.29, 1.82) is 0 Å². The fraction of sp³-hybridized carbons (Fsp3) is 0.130. The molecule has 3 nitrogen and oxygen atoms in total. The standard InChI is InChI=1S/C23H19ClN2O/c1-15-11-16(2)13-18(12-15)25-22-19-8-4-6-10-21(19)26(23(22)27)14-17-7-3-5-9-20(17)24/h3-13H,14H2,1-2H3. The monoisotopic (exact) mass is 374 g/mol. The lowest BCUT2D eigenvalue weighted by Gasteiger charge is -2.17. The fourth-order valence-electron chi connectivity index (χ4n) is 3.47. The first-order valence-corrected chi connectivity index (χ1v) is 9.22. The maximum absolute atomic E-state index is 13.2. The molecule has 3 aromatic carbocycles. The first-order valence-electron chi connectivity index (χ1n) is 8.84. The molecule has 1 heterocycles. The van der Waals surface area contributed by atoms with E-state index in [2.05, 4.69) is 6.07 Å². The maximum Gasteiger partial charge on any atom is 0.277 e. The summed E-state index contributed by atoms with van der Waals surface area (Å²) in [6.07, 6.45) is 0. The number of aliphatic imine (C=N–C) groups is 1. The van der Waals surface area contributed by atoms with Gasteiger partial charge in [-0.1, -0.05) is 54.1 Å². The lowest BCUT2D eigenvalue weighted by Crippen LogP contribution is -2.29. The van der Waals surface area contributed by atoms with Gasteiger partial charge in [0.2, 0.25) is 0 Å². The Morgan fingerprint density at radius 2 is 1.59 bits per heavy atom. The zero-order chi connectivity index (χ0) is 19.0. The number of hydrogen-bond donors (Lipinski definition) is 0. The minimum atomic E-state index is -0.102. The Hall–Kier alpha value is -2.91. The van der Waals surface area contributed by atoms with Gasteiger partial charge in [-0.3, -0.25) is 4.79 Å². The van der Waals surface area contributed by atoms with E-state index in [-0.39, 0.29) is 5.91 Å². The molecule has 0 fully saturated rings. The number of halogens is 1. The predicted octanol–water partition coefficient (Wildman–Crippen LogP) is 5.62. The smallest absolute Gasteiger partial charge is 0.277 e. The summed E-state index contributed by atoms with van der Waals surface area (Å²) in [7, 11) is 0. The van der Waals surface area contributed by atoms with Crippen LogP contribution in [-0.4, -0.2) is 11.6 Å². The van der Waals surface area contributed by atoms with Gasteiger partial charge in [-0.25, -0.2) is 4.99 Å². The number of anilines is 1. The van der Waals surface area contributed by atoms with Crippen molar-refractivity contribution >= 4 is 34.6 Å². The van der Waals surface area contributed by atoms with E-state index in [1.54, 1.807) is 4.90 Å². The highest BCUT2D eigenvalue weighted by molar-refractivity contribution is 6.54. The molecular weight excluding hydrogens is 356 g/mol. The van der Waals surface area contributed by atoms with Crippen molar-refractivity contribution in [3.8, 4) is 0 Å². The van der Waals surface area contributed by atoms with Crippen LogP contribution < -0.4 is 4.90 Å². The molecule has 27 heavy (non-hydrogen) atoms. The van der Waals surface area contributed by atoms with Crippen LogP contribution in [0, 0.1) is 13.8 Å². The Kier molecular flexibility index (Phi) is 4.54. The Bertz CT molecular complexity index is 1050. The predicted molar refractivity (Wildman–Crippen MR) is 111 cm³/mol. The Morgan fingerprint density at radius 3 is 2.33 bits per heavy atom. The molecule has 0 unspecified atom stereocenters. The second-order valence-corrected chi connectivity index (χ2v) is 7.21. The van der Waals surface area contributed by atoms with Gasteiger partial charge in [0.25, 0.3) is 5.91 Å². The van der Waals surface area contributed by atoms with E-state index in [0.717, 1.165) is 33.6 Å². The van der Waals surface area contributed by atoms with E-state index in [1.165, 1.54) is 0 Å². The molecule has 134 valence electrons. The van der Waals surface area contributed by atoms with Gasteiger partial charge in [-0.2, -0.15) is 0 Å². The molecule has 0 atom stereocenters. The summed E-state index contributed by atoms with van der Waals surface area (Å²) < 4.78 is 0. The molecule has 0 bridgehead atoms. The van der Waals surface area contributed by atoms with Crippen LogP contribution >= 0.6 is 11.6 Å². The van der Waals surface area contributed by atoms with Gasteiger partial charge < -0.3 is 4.90 Å². The minimum absolute atomic E-state index is 0.102. The van der Waals surface area contributed by atoms with Crippen LogP contribution in [0.3, 0.4) is 0 Å². The summed E-state index contributed by atoms with van der Waals surface area (Å²) in [4.78, 5) is 19.7. The van der Waals surface area contributed by atoms with Crippen LogP contribution in [0.4, 0.5) is 11.4 Å². The second-order valence-electron chi connectivity index (χ2n) is 6.81. The quantitative estimate of drug-likeness (QED) is 0.585.